The summed E-state index contributed by atoms with van der Waals surface area (Å²) in [7, 11) is 0. The quantitative estimate of drug-likeness (QED) is 0.372. The van der Waals surface area contributed by atoms with Gasteiger partial charge in [-0.05, 0) is 63.6 Å². The van der Waals surface area contributed by atoms with Gasteiger partial charge in [-0.1, -0.05) is 12.1 Å². The molecule has 1 aromatic carbocycles. The molecular weight excluding hydrogens is 362 g/mol. The topological polar surface area (TPSA) is 63.1 Å². The lowest BCUT2D eigenvalue weighted by molar-refractivity contribution is 0.120. The number of benzene rings is 1. The Morgan fingerprint density at radius 2 is 1.90 bits per heavy atom. The molecule has 0 bridgehead atoms. The van der Waals surface area contributed by atoms with Crippen LogP contribution in [-0.4, -0.2) is 73.9 Å². The summed E-state index contributed by atoms with van der Waals surface area (Å²) in [6.07, 6.45) is 4.81. The number of anilines is 1. The van der Waals surface area contributed by atoms with Gasteiger partial charge in [0.2, 0.25) is 0 Å². The van der Waals surface area contributed by atoms with Gasteiger partial charge in [0, 0.05) is 57.5 Å². The zero-order chi connectivity index (χ0) is 20.5. The van der Waals surface area contributed by atoms with Crippen LogP contribution in [0.1, 0.15) is 44.6 Å². The van der Waals surface area contributed by atoms with Crippen molar-refractivity contribution in [1.29, 1.82) is 0 Å². The fourth-order valence-corrected chi connectivity index (χ4v) is 4.27. The Labute approximate surface area is 176 Å². The van der Waals surface area contributed by atoms with Crippen molar-refractivity contribution in [2.75, 3.05) is 50.7 Å². The Balaban J connectivity index is 1.36. The molecule has 0 spiro atoms. The molecule has 1 aliphatic heterocycles. The summed E-state index contributed by atoms with van der Waals surface area (Å²) in [6, 6.07) is 9.26. The lowest BCUT2D eigenvalue weighted by atomic mass is 9.93. The third-order valence-corrected chi connectivity index (χ3v) is 6.02. The Bertz CT molecular complexity index is 634. The number of aliphatic hydroxyl groups excluding tert-OH is 1. The Kier molecular flexibility index (Phi) is 8.62. The van der Waals surface area contributed by atoms with E-state index in [-0.39, 0.29) is 6.10 Å². The second kappa shape index (κ2) is 11.4. The molecule has 6 nitrogen and oxygen atoms in total. The van der Waals surface area contributed by atoms with E-state index >= 15 is 0 Å². The highest BCUT2D eigenvalue weighted by Crippen LogP contribution is 2.19. The fourth-order valence-electron chi connectivity index (χ4n) is 4.27. The number of nitrogens with one attached hydrogen (secondary N) is 2. The zero-order valence-electron chi connectivity index (χ0n) is 18.2. The van der Waals surface area contributed by atoms with Crippen molar-refractivity contribution in [2.45, 2.75) is 58.1 Å². The summed E-state index contributed by atoms with van der Waals surface area (Å²) in [6.45, 7) is 11.6. The molecule has 1 aliphatic carbocycles. The van der Waals surface area contributed by atoms with Gasteiger partial charge in [0.1, 0.15) is 0 Å². The smallest absolute Gasteiger partial charge is 0.191 e. The lowest BCUT2D eigenvalue weighted by Crippen LogP contribution is -2.47. The summed E-state index contributed by atoms with van der Waals surface area (Å²) < 4.78 is 0. The van der Waals surface area contributed by atoms with Crippen LogP contribution in [0.15, 0.2) is 29.3 Å². The predicted molar refractivity (Wildman–Crippen MR) is 122 cm³/mol. The maximum atomic E-state index is 9.67. The molecule has 0 unspecified atom stereocenters. The normalized spacial score (nSPS) is 23.8. The molecule has 2 aliphatic rings. The van der Waals surface area contributed by atoms with Crippen LogP contribution in [0, 0.1) is 6.92 Å². The first-order chi connectivity index (χ1) is 14.1. The summed E-state index contributed by atoms with van der Waals surface area (Å²) >= 11 is 0. The number of guanidine groups is 1. The average molecular weight is 402 g/mol. The molecule has 1 saturated carbocycles. The number of rotatable bonds is 7. The van der Waals surface area contributed by atoms with Crippen LogP contribution in [0.3, 0.4) is 0 Å². The van der Waals surface area contributed by atoms with Gasteiger partial charge in [0.05, 0.1) is 6.10 Å². The third kappa shape index (κ3) is 7.19. The minimum atomic E-state index is -0.112. The van der Waals surface area contributed by atoms with Crippen LogP contribution in [0.5, 0.6) is 0 Å². The monoisotopic (exact) mass is 401 g/mol. The van der Waals surface area contributed by atoms with Gasteiger partial charge in [-0.2, -0.15) is 0 Å². The second-order valence-corrected chi connectivity index (χ2v) is 8.43. The second-order valence-electron chi connectivity index (χ2n) is 8.43. The number of aliphatic imine (C=N–C) groups is 1. The number of hydrogen-bond acceptors (Lipinski definition) is 4. The van der Waals surface area contributed by atoms with Crippen LogP contribution in [0.2, 0.25) is 0 Å². The number of nitrogens with zero attached hydrogens (tertiary/aromatic N) is 3. The summed E-state index contributed by atoms with van der Waals surface area (Å²) in [5.74, 6) is 0.929. The standard InChI is InChI=1S/C23H39N5O/c1-3-24-23(26-20-8-10-22(29)11-9-20)25-12-5-13-27-14-16-28(17-15-27)21-7-4-6-19(2)18-21/h4,6-7,18,20,22,29H,3,5,8-17H2,1-2H3,(H2,24,25,26). The molecule has 1 heterocycles. The first kappa shape index (κ1) is 21.9. The maximum absolute atomic E-state index is 9.67. The van der Waals surface area contributed by atoms with E-state index in [1.807, 2.05) is 0 Å². The van der Waals surface area contributed by atoms with Crippen LogP contribution < -0.4 is 15.5 Å². The van der Waals surface area contributed by atoms with Crippen LogP contribution in [-0.2, 0) is 0 Å². The van der Waals surface area contributed by atoms with Crippen molar-refractivity contribution in [2.24, 2.45) is 4.99 Å². The SMILES string of the molecule is CCNC(=NCCCN1CCN(c2cccc(C)c2)CC1)NC1CCC(O)CC1. The van der Waals surface area contributed by atoms with Gasteiger partial charge in [-0.15, -0.1) is 0 Å². The van der Waals surface area contributed by atoms with Gasteiger partial charge in [-0.3, -0.25) is 9.89 Å². The molecule has 0 amide bonds. The van der Waals surface area contributed by atoms with Crippen molar-refractivity contribution in [3.8, 4) is 0 Å². The van der Waals surface area contributed by atoms with Gasteiger partial charge < -0.3 is 20.6 Å². The molecule has 1 saturated heterocycles. The molecule has 6 heteroatoms. The predicted octanol–water partition coefficient (Wildman–Crippen LogP) is 2.37. The van der Waals surface area contributed by atoms with E-state index in [0.29, 0.717) is 6.04 Å². The minimum Gasteiger partial charge on any atom is -0.393 e. The molecule has 29 heavy (non-hydrogen) atoms. The average Bonchev–Trinajstić information content (AvgIpc) is 2.73. The van der Waals surface area contributed by atoms with Crippen molar-refractivity contribution >= 4 is 11.6 Å². The first-order valence-electron chi connectivity index (χ1n) is 11.4. The number of hydrogen-bond donors (Lipinski definition) is 3. The van der Waals surface area contributed by atoms with Gasteiger partial charge in [0.15, 0.2) is 5.96 Å². The molecule has 0 atom stereocenters. The zero-order valence-corrected chi connectivity index (χ0v) is 18.2. The van der Waals surface area contributed by atoms with Crippen molar-refractivity contribution in [3.63, 3.8) is 0 Å². The largest absolute Gasteiger partial charge is 0.393 e. The fraction of sp³-hybridized carbons (Fsp3) is 0.696. The molecule has 2 fully saturated rings. The number of aryl methyl sites for hydroxylation is 1. The van der Waals surface area contributed by atoms with Gasteiger partial charge in [-0.25, -0.2) is 0 Å². The van der Waals surface area contributed by atoms with Crippen molar-refractivity contribution < 1.29 is 5.11 Å². The third-order valence-electron chi connectivity index (χ3n) is 6.02. The molecular formula is C23H39N5O. The highest BCUT2D eigenvalue weighted by molar-refractivity contribution is 5.80. The summed E-state index contributed by atoms with van der Waals surface area (Å²) in [5, 5.41) is 16.6. The Morgan fingerprint density at radius 3 is 2.59 bits per heavy atom. The maximum Gasteiger partial charge on any atom is 0.191 e. The Morgan fingerprint density at radius 1 is 1.14 bits per heavy atom. The molecule has 0 radical (unpaired) electrons. The summed E-state index contributed by atoms with van der Waals surface area (Å²) in [4.78, 5) is 9.83. The van der Waals surface area contributed by atoms with Crippen LogP contribution in [0.4, 0.5) is 5.69 Å². The molecule has 1 aromatic rings. The van der Waals surface area contributed by atoms with E-state index in [9.17, 15) is 5.11 Å². The number of aliphatic hydroxyl groups is 1. The van der Waals surface area contributed by atoms with E-state index in [1.54, 1.807) is 0 Å². The highest BCUT2D eigenvalue weighted by Gasteiger charge is 2.20. The van der Waals surface area contributed by atoms with Crippen LogP contribution in [0.25, 0.3) is 0 Å². The van der Waals surface area contributed by atoms with Gasteiger partial charge >= 0.3 is 0 Å². The van der Waals surface area contributed by atoms with E-state index < -0.39 is 0 Å². The van der Waals surface area contributed by atoms with E-state index in [4.69, 9.17) is 4.99 Å². The van der Waals surface area contributed by atoms with Crippen LogP contribution >= 0.6 is 0 Å². The van der Waals surface area contributed by atoms with E-state index in [2.05, 4.69) is 58.5 Å². The van der Waals surface area contributed by atoms with Crippen molar-refractivity contribution in [1.82, 2.24) is 15.5 Å². The molecule has 3 N–H and O–H groups in total. The van der Waals surface area contributed by atoms with Gasteiger partial charge in [0.25, 0.3) is 0 Å². The minimum absolute atomic E-state index is 0.112. The molecule has 162 valence electrons. The Hall–Kier alpha value is -1.79. The summed E-state index contributed by atoms with van der Waals surface area (Å²) in [5.41, 5.74) is 2.68. The van der Waals surface area contributed by atoms with E-state index in [0.717, 1.165) is 83.9 Å². The lowest BCUT2D eigenvalue weighted by Gasteiger charge is -2.36. The molecule has 0 aromatic heterocycles. The van der Waals surface area contributed by atoms with Crippen molar-refractivity contribution in [3.05, 3.63) is 29.8 Å². The molecule has 3 rings (SSSR count). The highest BCUT2D eigenvalue weighted by atomic mass is 16.3. The first-order valence-corrected chi connectivity index (χ1v) is 11.4. The van der Waals surface area contributed by atoms with E-state index in [1.165, 1.54) is 11.3 Å². The number of piperazine rings is 1.